The zero-order valence-electron chi connectivity index (χ0n) is 14.9. The van der Waals surface area contributed by atoms with Crippen LogP contribution in [0.25, 0.3) is 0 Å². The first-order chi connectivity index (χ1) is 12.8. The number of ether oxygens (including phenoxy) is 1. The third kappa shape index (κ3) is 3.25. The summed E-state index contributed by atoms with van der Waals surface area (Å²) in [5, 5.41) is 0. The highest BCUT2D eigenvalue weighted by atomic mass is 19.1. The first kappa shape index (κ1) is 16.9. The molecule has 1 unspecified atom stereocenters. The van der Waals surface area contributed by atoms with Gasteiger partial charge in [0, 0.05) is 37.1 Å². The molecular weight excluding hydrogens is 327 g/mol. The smallest absolute Gasteiger partial charge is 0.128 e. The van der Waals surface area contributed by atoms with Gasteiger partial charge in [-0.05, 0) is 42.3 Å². The SMILES string of the molecule is COc1ccc(CN2CCCn3cccc3C2c2ccccc2F)cc1. The van der Waals surface area contributed by atoms with Crippen LogP contribution in [0.5, 0.6) is 5.75 Å². The molecule has 0 bridgehead atoms. The van der Waals surface area contributed by atoms with Crippen molar-refractivity contribution >= 4 is 0 Å². The molecule has 1 aliphatic heterocycles. The maximum atomic E-state index is 14.7. The van der Waals surface area contributed by atoms with Crippen molar-refractivity contribution in [3.8, 4) is 5.75 Å². The minimum absolute atomic E-state index is 0.0872. The van der Waals surface area contributed by atoms with Gasteiger partial charge in [0.25, 0.3) is 0 Å². The zero-order chi connectivity index (χ0) is 17.9. The summed E-state index contributed by atoms with van der Waals surface area (Å²) in [6.45, 7) is 2.66. The number of rotatable bonds is 4. The number of methoxy groups -OCH3 is 1. The van der Waals surface area contributed by atoms with Crippen LogP contribution in [-0.2, 0) is 13.1 Å². The molecule has 3 aromatic rings. The van der Waals surface area contributed by atoms with Gasteiger partial charge in [0.2, 0.25) is 0 Å². The number of hydrogen-bond acceptors (Lipinski definition) is 2. The Morgan fingerprint density at radius 3 is 2.58 bits per heavy atom. The topological polar surface area (TPSA) is 17.4 Å². The summed E-state index contributed by atoms with van der Waals surface area (Å²) in [5.74, 6) is 0.705. The van der Waals surface area contributed by atoms with Gasteiger partial charge in [0.05, 0.1) is 13.2 Å². The molecule has 2 heterocycles. The van der Waals surface area contributed by atoms with E-state index in [1.807, 2.05) is 24.3 Å². The Bertz CT molecular complexity index is 872. The van der Waals surface area contributed by atoms with E-state index in [1.165, 1.54) is 5.56 Å². The molecule has 4 rings (SSSR count). The Morgan fingerprint density at radius 1 is 1.00 bits per heavy atom. The van der Waals surface area contributed by atoms with Crippen LogP contribution < -0.4 is 4.74 Å². The van der Waals surface area contributed by atoms with E-state index in [4.69, 9.17) is 4.74 Å². The quantitative estimate of drug-likeness (QED) is 0.682. The zero-order valence-corrected chi connectivity index (χ0v) is 14.9. The van der Waals surface area contributed by atoms with Gasteiger partial charge in [-0.15, -0.1) is 0 Å². The van der Waals surface area contributed by atoms with Crippen molar-refractivity contribution < 1.29 is 9.13 Å². The lowest BCUT2D eigenvalue weighted by atomic mass is 10.0. The summed E-state index contributed by atoms with van der Waals surface area (Å²) in [5.41, 5.74) is 3.09. The van der Waals surface area contributed by atoms with Gasteiger partial charge in [-0.25, -0.2) is 4.39 Å². The molecule has 0 aliphatic carbocycles. The minimum Gasteiger partial charge on any atom is -0.497 e. The van der Waals surface area contributed by atoms with Crippen molar-refractivity contribution in [1.29, 1.82) is 0 Å². The average molecular weight is 350 g/mol. The molecule has 134 valence electrons. The summed E-state index contributed by atoms with van der Waals surface area (Å²) in [4.78, 5) is 2.37. The largest absolute Gasteiger partial charge is 0.497 e. The molecule has 0 spiro atoms. The van der Waals surface area contributed by atoms with Crippen molar-refractivity contribution in [2.45, 2.75) is 25.6 Å². The van der Waals surface area contributed by atoms with Crippen LogP contribution in [0.2, 0.25) is 0 Å². The highest BCUT2D eigenvalue weighted by Gasteiger charge is 2.29. The molecule has 3 nitrogen and oxygen atoms in total. The van der Waals surface area contributed by atoms with Gasteiger partial charge in [-0.1, -0.05) is 30.3 Å². The van der Waals surface area contributed by atoms with E-state index in [0.29, 0.717) is 0 Å². The van der Waals surface area contributed by atoms with Crippen LogP contribution in [0.1, 0.15) is 29.3 Å². The highest BCUT2D eigenvalue weighted by Crippen LogP contribution is 2.34. The van der Waals surface area contributed by atoms with E-state index >= 15 is 0 Å². The Labute approximate surface area is 153 Å². The fourth-order valence-corrected chi connectivity index (χ4v) is 3.83. The predicted molar refractivity (Wildman–Crippen MR) is 101 cm³/mol. The van der Waals surface area contributed by atoms with Gasteiger partial charge >= 0.3 is 0 Å². The monoisotopic (exact) mass is 350 g/mol. The van der Waals surface area contributed by atoms with Crippen molar-refractivity contribution in [2.24, 2.45) is 0 Å². The van der Waals surface area contributed by atoms with Crippen LogP contribution in [0.3, 0.4) is 0 Å². The summed E-state index contributed by atoms with van der Waals surface area (Å²) in [7, 11) is 1.67. The first-order valence-electron chi connectivity index (χ1n) is 9.03. The summed E-state index contributed by atoms with van der Waals surface area (Å²) in [6.07, 6.45) is 3.14. The average Bonchev–Trinajstić information content (AvgIpc) is 3.05. The maximum Gasteiger partial charge on any atom is 0.128 e. The van der Waals surface area contributed by atoms with Crippen LogP contribution in [0.4, 0.5) is 4.39 Å². The molecular formula is C22H23FN2O. The Balaban J connectivity index is 1.72. The molecule has 0 saturated carbocycles. The lowest BCUT2D eigenvalue weighted by Crippen LogP contribution is -2.30. The lowest BCUT2D eigenvalue weighted by Gasteiger charge is -2.31. The van der Waals surface area contributed by atoms with Crippen LogP contribution in [0, 0.1) is 5.82 Å². The summed E-state index contributed by atoms with van der Waals surface area (Å²) < 4.78 is 22.2. The summed E-state index contributed by atoms with van der Waals surface area (Å²) >= 11 is 0. The standard InChI is InChI=1S/C22H23FN2O/c1-26-18-11-9-17(10-12-18)16-25-15-5-14-24-13-4-8-21(24)22(25)19-6-2-3-7-20(19)23/h2-4,6-13,22H,5,14-16H2,1H3. The van der Waals surface area contributed by atoms with E-state index in [1.54, 1.807) is 19.2 Å². The van der Waals surface area contributed by atoms with Crippen LogP contribution in [-0.4, -0.2) is 23.1 Å². The predicted octanol–water partition coefficient (Wildman–Crippen LogP) is 4.63. The number of hydrogen-bond donors (Lipinski definition) is 0. The third-order valence-corrected chi connectivity index (χ3v) is 5.10. The molecule has 2 aromatic carbocycles. The second-order valence-electron chi connectivity index (χ2n) is 6.72. The fourth-order valence-electron chi connectivity index (χ4n) is 3.83. The Morgan fingerprint density at radius 2 is 1.81 bits per heavy atom. The highest BCUT2D eigenvalue weighted by molar-refractivity contribution is 5.32. The van der Waals surface area contributed by atoms with Crippen LogP contribution in [0.15, 0.2) is 66.9 Å². The molecule has 4 heteroatoms. The Hall–Kier alpha value is -2.59. The minimum atomic E-state index is -0.146. The number of aromatic nitrogens is 1. The molecule has 0 fully saturated rings. The van der Waals surface area contributed by atoms with E-state index in [2.05, 4.69) is 39.9 Å². The molecule has 0 amide bonds. The van der Waals surface area contributed by atoms with Gasteiger partial charge < -0.3 is 9.30 Å². The van der Waals surface area contributed by atoms with Crippen molar-refractivity contribution in [2.75, 3.05) is 13.7 Å². The first-order valence-corrected chi connectivity index (χ1v) is 9.03. The molecule has 1 atom stereocenters. The number of fused-ring (bicyclic) bond motifs is 1. The van der Waals surface area contributed by atoms with Crippen molar-refractivity contribution in [1.82, 2.24) is 9.47 Å². The van der Waals surface area contributed by atoms with E-state index in [9.17, 15) is 4.39 Å². The number of aryl methyl sites for hydroxylation is 1. The molecule has 1 aliphatic rings. The second-order valence-corrected chi connectivity index (χ2v) is 6.72. The molecule has 0 N–H and O–H groups in total. The van der Waals surface area contributed by atoms with Gasteiger partial charge in [-0.3, -0.25) is 4.90 Å². The molecule has 26 heavy (non-hydrogen) atoms. The normalized spacial score (nSPS) is 17.5. The second kappa shape index (κ2) is 7.34. The maximum absolute atomic E-state index is 14.7. The number of halogens is 1. The molecule has 0 radical (unpaired) electrons. The van der Waals surface area contributed by atoms with Crippen molar-refractivity contribution in [3.05, 3.63) is 89.5 Å². The summed E-state index contributed by atoms with van der Waals surface area (Å²) in [6, 6.07) is 19.3. The third-order valence-electron chi connectivity index (χ3n) is 5.10. The molecule has 1 aromatic heterocycles. The number of benzene rings is 2. The number of nitrogens with zero attached hydrogens (tertiary/aromatic N) is 2. The Kier molecular flexibility index (Phi) is 4.76. The fraction of sp³-hybridized carbons (Fsp3) is 0.273. The van der Waals surface area contributed by atoms with E-state index in [0.717, 1.165) is 43.1 Å². The van der Waals surface area contributed by atoms with E-state index in [-0.39, 0.29) is 11.9 Å². The van der Waals surface area contributed by atoms with Gasteiger partial charge in [0.1, 0.15) is 11.6 Å². The van der Waals surface area contributed by atoms with Gasteiger partial charge in [-0.2, -0.15) is 0 Å². The van der Waals surface area contributed by atoms with E-state index < -0.39 is 0 Å². The van der Waals surface area contributed by atoms with Gasteiger partial charge in [0.15, 0.2) is 0 Å². The lowest BCUT2D eigenvalue weighted by molar-refractivity contribution is 0.216. The van der Waals surface area contributed by atoms with Crippen molar-refractivity contribution in [3.63, 3.8) is 0 Å². The van der Waals surface area contributed by atoms with Crippen LogP contribution >= 0.6 is 0 Å². The molecule has 0 saturated heterocycles.